The van der Waals surface area contributed by atoms with E-state index in [0.717, 1.165) is 0 Å². The van der Waals surface area contributed by atoms with Crippen molar-refractivity contribution in [2.45, 2.75) is 19.3 Å². The van der Waals surface area contributed by atoms with Crippen LogP contribution in [0.15, 0.2) is 46.6 Å². The van der Waals surface area contributed by atoms with Crippen molar-refractivity contribution in [2.75, 3.05) is 0 Å². The first kappa shape index (κ1) is 5.59. The van der Waals surface area contributed by atoms with Gasteiger partial charge < -0.3 is 0 Å². The zero-order valence-electron chi connectivity index (χ0n) is 6.43. The van der Waals surface area contributed by atoms with Crippen LogP contribution in [-0.2, 0) is 0 Å². The number of hydrogen-bond donors (Lipinski definition) is 0. The molecule has 0 atom stereocenters. The van der Waals surface area contributed by atoms with Crippen molar-refractivity contribution in [3.63, 3.8) is 0 Å². The van der Waals surface area contributed by atoms with E-state index < -0.39 is 0 Å². The Labute approximate surface area is 66.6 Å². The van der Waals surface area contributed by atoms with Crippen LogP contribution < -0.4 is 0 Å². The summed E-state index contributed by atoms with van der Waals surface area (Å²) >= 11 is 0. The summed E-state index contributed by atoms with van der Waals surface area (Å²) in [5, 5.41) is 0. The maximum absolute atomic E-state index is 2.29. The molecule has 11 heavy (non-hydrogen) atoms. The number of fused-ring (bicyclic) bond motifs is 1. The molecule has 0 spiro atoms. The Hall–Kier alpha value is -1.04. The normalized spacial score (nSPS) is 25.5. The van der Waals surface area contributed by atoms with Crippen molar-refractivity contribution < 1.29 is 0 Å². The van der Waals surface area contributed by atoms with Gasteiger partial charge in [0.1, 0.15) is 0 Å². The second kappa shape index (κ2) is 1.76. The van der Waals surface area contributed by atoms with Gasteiger partial charge in [0.2, 0.25) is 0 Å². The molecule has 0 unspecified atom stereocenters. The number of rotatable bonds is 0. The van der Waals surface area contributed by atoms with E-state index in [2.05, 4.69) is 24.3 Å². The zero-order valence-corrected chi connectivity index (χ0v) is 6.43. The van der Waals surface area contributed by atoms with Crippen molar-refractivity contribution in [3.05, 3.63) is 46.6 Å². The smallest absolute Gasteiger partial charge is 0.00838 e. The third-order valence-electron chi connectivity index (χ3n) is 2.78. The van der Waals surface area contributed by atoms with Gasteiger partial charge in [-0.1, -0.05) is 35.5 Å². The highest BCUT2D eigenvalue weighted by Crippen LogP contribution is 2.43. The van der Waals surface area contributed by atoms with Crippen LogP contribution in [-0.4, -0.2) is 0 Å². The minimum Gasteiger partial charge on any atom is -0.0798 e. The molecule has 0 nitrogen and oxygen atoms in total. The van der Waals surface area contributed by atoms with Crippen molar-refractivity contribution >= 4 is 0 Å². The summed E-state index contributed by atoms with van der Waals surface area (Å²) in [5.74, 6) is 0. The van der Waals surface area contributed by atoms with Crippen LogP contribution in [0.25, 0.3) is 0 Å². The van der Waals surface area contributed by atoms with Gasteiger partial charge in [-0.3, -0.25) is 0 Å². The largest absolute Gasteiger partial charge is 0.0798 e. The van der Waals surface area contributed by atoms with E-state index in [1.165, 1.54) is 30.4 Å². The van der Waals surface area contributed by atoms with Crippen molar-refractivity contribution in [2.24, 2.45) is 0 Å². The van der Waals surface area contributed by atoms with Gasteiger partial charge in [0, 0.05) is 0 Å². The van der Waals surface area contributed by atoms with E-state index in [0.29, 0.717) is 0 Å². The molecule has 3 aliphatic rings. The Balaban J connectivity index is 2.16. The number of hydrogen-bond acceptors (Lipinski definition) is 0. The molecular weight excluding hydrogens is 132 g/mol. The summed E-state index contributed by atoms with van der Waals surface area (Å²) in [5.41, 5.74) is 6.38. The van der Waals surface area contributed by atoms with Crippen molar-refractivity contribution in [1.82, 2.24) is 0 Å². The lowest BCUT2D eigenvalue weighted by Crippen LogP contribution is -1.77. The topological polar surface area (TPSA) is 0 Å². The van der Waals surface area contributed by atoms with Gasteiger partial charge in [0.25, 0.3) is 0 Å². The fourth-order valence-electron chi connectivity index (χ4n) is 2.25. The highest BCUT2D eigenvalue weighted by Gasteiger charge is 2.24. The summed E-state index contributed by atoms with van der Waals surface area (Å²) in [4.78, 5) is 0. The van der Waals surface area contributed by atoms with E-state index >= 15 is 0 Å². The Bertz CT molecular complexity index is 301. The molecule has 0 aromatic heterocycles. The molecule has 0 heterocycles. The lowest BCUT2D eigenvalue weighted by Gasteiger charge is -1.96. The molecule has 0 saturated heterocycles. The summed E-state index contributed by atoms with van der Waals surface area (Å²) in [6, 6.07) is 0. The highest BCUT2D eigenvalue weighted by molar-refractivity contribution is 5.63. The number of allylic oxidation sites excluding steroid dienone is 8. The summed E-state index contributed by atoms with van der Waals surface area (Å²) < 4.78 is 0. The second-order valence-electron chi connectivity index (χ2n) is 3.42. The van der Waals surface area contributed by atoms with E-state index in [-0.39, 0.29) is 0 Å². The van der Waals surface area contributed by atoms with Gasteiger partial charge in [-0.2, -0.15) is 0 Å². The first-order valence-corrected chi connectivity index (χ1v) is 4.22. The quantitative estimate of drug-likeness (QED) is 0.488. The molecule has 0 heteroatoms. The fourth-order valence-corrected chi connectivity index (χ4v) is 2.25. The molecule has 0 N–H and O–H groups in total. The van der Waals surface area contributed by atoms with Gasteiger partial charge in [-0.05, 0) is 30.4 Å². The Morgan fingerprint density at radius 3 is 1.91 bits per heavy atom. The molecule has 0 saturated carbocycles. The van der Waals surface area contributed by atoms with Crippen LogP contribution >= 0.6 is 0 Å². The van der Waals surface area contributed by atoms with Crippen LogP contribution in [0.4, 0.5) is 0 Å². The molecule has 0 aromatic carbocycles. The minimum absolute atomic E-state index is 1.20. The van der Waals surface area contributed by atoms with E-state index in [1.54, 1.807) is 11.1 Å². The van der Waals surface area contributed by atoms with Crippen LogP contribution in [0.5, 0.6) is 0 Å². The molecule has 0 radical (unpaired) electrons. The molecule has 0 aliphatic heterocycles. The molecule has 0 bridgehead atoms. The van der Waals surface area contributed by atoms with Gasteiger partial charge >= 0.3 is 0 Å². The first-order valence-electron chi connectivity index (χ1n) is 4.22. The SMILES string of the molecule is C1=CC2=C(C1)CC1=C2C=CC1. The molecule has 3 rings (SSSR count). The molecule has 3 aliphatic carbocycles. The zero-order chi connectivity index (χ0) is 7.26. The summed E-state index contributed by atoms with van der Waals surface area (Å²) in [6.45, 7) is 0. The average molecular weight is 142 g/mol. The Morgan fingerprint density at radius 1 is 0.818 bits per heavy atom. The van der Waals surface area contributed by atoms with Gasteiger partial charge in [0.05, 0.1) is 0 Å². The maximum atomic E-state index is 2.29. The monoisotopic (exact) mass is 142 g/mol. The average Bonchev–Trinajstić information content (AvgIpc) is 2.52. The van der Waals surface area contributed by atoms with E-state index in [9.17, 15) is 0 Å². The standard InChI is InChI=1S/C11H10/c1-3-8-7-9-4-2-6-11(9)10(8)5-1/h1-2,5-6H,3-4,7H2. The van der Waals surface area contributed by atoms with Gasteiger partial charge in [0.15, 0.2) is 0 Å². The maximum Gasteiger partial charge on any atom is -0.00838 e. The van der Waals surface area contributed by atoms with Crippen molar-refractivity contribution in [3.8, 4) is 0 Å². The molecule has 0 amide bonds. The fraction of sp³-hybridized carbons (Fsp3) is 0.273. The summed E-state index contributed by atoms with van der Waals surface area (Å²) in [7, 11) is 0. The third-order valence-corrected chi connectivity index (χ3v) is 2.78. The van der Waals surface area contributed by atoms with Gasteiger partial charge in [-0.25, -0.2) is 0 Å². The first-order chi connectivity index (χ1) is 5.45. The predicted molar refractivity (Wildman–Crippen MR) is 46.2 cm³/mol. The minimum atomic E-state index is 1.20. The van der Waals surface area contributed by atoms with Crippen molar-refractivity contribution in [1.29, 1.82) is 0 Å². The molecule has 0 aromatic rings. The Morgan fingerprint density at radius 2 is 1.36 bits per heavy atom. The van der Waals surface area contributed by atoms with Gasteiger partial charge in [-0.15, -0.1) is 0 Å². The van der Waals surface area contributed by atoms with Crippen LogP contribution in [0, 0.1) is 0 Å². The molecule has 54 valence electrons. The molecular formula is C11H10. The second-order valence-corrected chi connectivity index (χ2v) is 3.42. The highest BCUT2D eigenvalue weighted by atomic mass is 14.3. The van der Waals surface area contributed by atoms with Crippen LogP contribution in [0.2, 0.25) is 0 Å². The lowest BCUT2D eigenvalue weighted by molar-refractivity contribution is 1.05. The third kappa shape index (κ3) is 0.597. The van der Waals surface area contributed by atoms with E-state index in [1.807, 2.05) is 0 Å². The predicted octanol–water partition coefficient (Wildman–Crippen LogP) is 2.90. The lowest BCUT2D eigenvalue weighted by atomic mass is 10.1. The summed E-state index contributed by atoms with van der Waals surface area (Å²) in [6.07, 6.45) is 12.8. The van der Waals surface area contributed by atoms with Crippen LogP contribution in [0.1, 0.15) is 19.3 Å². The van der Waals surface area contributed by atoms with E-state index in [4.69, 9.17) is 0 Å². The van der Waals surface area contributed by atoms with Crippen LogP contribution in [0.3, 0.4) is 0 Å². The Kier molecular flexibility index (Phi) is 0.894. The molecule has 0 fully saturated rings.